The number of aliphatic carboxylic acids is 1. The lowest BCUT2D eigenvalue weighted by molar-refractivity contribution is -0.137. The monoisotopic (exact) mass is 210 g/mol. The van der Waals surface area contributed by atoms with Gasteiger partial charge in [0, 0.05) is 17.7 Å². The largest absolute Gasteiger partial charge is 0.481 e. The molecule has 5 nitrogen and oxygen atoms in total. The second-order valence-electron chi connectivity index (χ2n) is 4.06. The van der Waals surface area contributed by atoms with Gasteiger partial charge in [0.2, 0.25) is 0 Å². The lowest BCUT2D eigenvalue weighted by Crippen LogP contribution is -2.18. The maximum absolute atomic E-state index is 10.4. The summed E-state index contributed by atoms with van der Waals surface area (Å²) in [7, 11) is 0. The molecule has 0 saturated heterocycles. The third-order valence-electron chi connectivity index (χ3n) is 2.93. The molecule has 2 rings (SSSR count). The predicted octanol–water partition coefficient (Wildman–Crippen LogP) is 0.870. The summed E-state index contributed by atoms with van der Waals surface area (Å²) in [6.07, 6.45) is 3.37. The number of nitrogens with zero attached hydrogens (tertiary/aromatic N) is 1. The molecule has 0 aliphatic heterocycles. The maximum atomic E-state index is 10.4. The van der Waals surface area contributed by atoms with E-state index in [9.17, 15) is 9.90 Å². The quantitative estimate of drug-likeness (QED) is 0.691. The number of rotatable bonds is 3. The van der Waals surface area contributed by atoms with Crippen LogP contribution in [0.25, 0.3) is 0 Å². The van der Waals surface area contributed by atoms with Crippen LogP contribution < -0.4 is 0 Å². The Morgan fingerprint density at radius 3 is 3.20 bits per heavy atom. The van der Waals surface area contributed by atoms with E-state index in [2.05, 4.69) is 10.2 Å². The van der Waals surface area contributed by atoms with Crippen molar-refractivity contribution < 1.29 is 15.0 Å². The molecule has 0 radical (unpaired) electrons. The predicted molar refractivity (Wildman–Crippen MR) is 52.2 cm³/mol. The van der Waals surface area contributed by atoms with Crippen LogP contribution in [0, 0.1) is 5.92 Å². The van der Waals surface area contributed by atoms with E-state index in [1.807, 2.05) is 0 Å². The van der Waals surface area contributed by atoms with Crippen LogP contribution in [0.3, 0.4) is 0 Å². The Labute approximate surface area is 87.1 Å². The van der Waals surface area contributed by atoms with E-state index in [4.69, 9.17) is 5.11 Å². The minimum absolute atomic E-state index is 0.168. The second-order valence-corrected chi connectivity index (χ2v) is 4.06. The zero-order valence-electron chi connectivity index (χ0n) is 8.31. The Kier molecular flexibility index (Phi) is 2.73. The van der Waals surface area contributed by atoms with Crippen molar-refractivity contribution in [1.29, 1.82) is 0 Å². The highest BCUT2D eigenvalue weighted by molar-refractivity contribution is 5.66. The molecule has 0 aromatic carbocycles. The number of aliphatic hydroxyl groups excluding tert-OH is 1. The van der Waals surface area contributed by atoms with Crippen molar-refractivity contribution in [2.24, 2.45) is 5.92 Å². The number of aromatic nitrogens is 2. The Morgan fingerprint density at radius 2 is 2.47 bits per heavy atom. The number of aromatic amines is 1. The summed E-state index contributed by atoms with van der Waals surface area (Å²) in [5.41, 5.74) is 1.81. The molecule has 5 heteroatoms. The van der Waals surface area contributed by atoms with Crippen molar-refractivity contribution in [2.45, 2.75) is 31.8 Å². The van der Waals surface area contributed by atoms with E-state index in [-0.39, 0.29) is 12.3 Å². The number of hydrogen-bond acceptors (Lipinski definition) is 3. The van der Waals surface area contributed by atoms with Crippen molar-refractivity contribution in [3.63, 3.8) is 0 Å². The molecule has 1 aliphatic carbocycles. The molecule has 15 heavy (non-hydrogen) atoms. The van der Waals surface area contributed by atoms with Crippen LogP contribution in [0.15, 0.2) is 6.20 Å². The van der Waals surface area contributed by atoms with Gasteiger partial charge in [0.25, 0.3) is 0 Å². The van der Waals surface area contributed by atoms with Gasteiger partial charge in [-0.1, -0.05) is 0 Å². The zero-order valence-corrected chi connectivity index (χ0v) is 8.31. The van der Waals surface area contributed by atoms with Gasteiger partial charge in [-0.2, -0.15) is 5.10 Å². The second kappa shape index (κ2) is 4.02. The van der Waals surface area contributed by atoms with Crippen molar-refractivity contribution in [1.82, 2.24) is 10.2 Å². The van der Waals surface area contributed by atoms with E-state index in [0.29, 0.717) is 12.8 Å². The van der Waals surface area contributed by atoms with Crippen LogP contribution in [0.5, 0.6) is 0 Å². The standard InChI is InChI=1S/C10H14N2O3/c13-9-4-6(1-2-10(14)15)3-8-7(9)5-11-12-8/h5-6,9,13H,1-4H2,(H,11,12)(H,14,15). The minimum Gasteiger partial charge on any atom is -0.481 e. The first-order valence-corrected chi connectivity index (χ1v) is 5.09. The molecule has 1 heterocycles. The number of nitrogens with one attached hydrogen (secondary N) is 1. The first kappa shape index (κ1) is 10.2. The number of carbonyl (C=O) groups is 1. The van der Waals surface area contributed by atoms with Crippen molar-refractivity contribution in [3.8, 4) is 0 Å². The Hall–Kier alpha value is -1.36. The van der Waals surface area contributed by atoms with E-state index in [0.717, 1.165) is 17.7 Å². The molecule has 2 atom stereocenters. The number of aliphatic hydroxyl groups is 1. The van der Waals surface area contributed by atoms with Gasteiger partial charge in [-0.25, -0.2) is 0 Å². The average Bonchev–Trinajstić information content (AvgIpc) is 2.63. The smallest absolute Gasteiger partial charge is 0.303 e. The highest BCUT2D eigenvalue weighted by Gasteiger charge is 2.27. The van der Waals surface area contributed by atoms with Crippen molar-refractivity contribution in [2.75, 3.05) is 0 Å². The van der Waals surface area contributed by atoms with Gasteiger partial charge < -0.3 is 10.2 Å². The summed E-state index contributed by atoms with van der Waals surface area (Å²) in [6.45, 7) is 0. The van der Waals surface area contributed by atoms with E-state index in [1.54, 1.807) is 6.20 Å². The van der Waals surface area contributed by atoms with Crippen LogP contribution in [0.1, 0.15) is 36.6 Å². The molecule has 1 aromatic rings. The molecular weight excluding hydrogens is 196 g/mol. The summed E-state index contributed by atoms with van der Waals surface area (Å²) in [4.78, 5) is 10.4. The van der Waals surface area contributed by atoms with Gasteiger partial charge in [0.15, 0.2) is 0 Å². The minimum atomic E-state index is -0.778. The van der Waals surface area contributed by atoms with Gasteiger partial charge in [0.05, 0.1) is 12.3 Å². The summed E-state index contributed by atoms with van der Waals surface area (Å²) in [5.74, 6) is -0.538. The molecule has 0 fully saturated rings. The van der Waals surface area contributed by atoms with Gasteiger partial charge in [0.1, 0.15) is 0 Å². The molecular formula is C10H14N2O3. The normalized spacial score (nSPS) is 24.9. The number of carboxylic acids is 1. The fourth-order valence-corrected chi connectivity index (χ4v) is 2.14. The van der Waals surface area contributed by atoms with Crippen LogP contribution >= 0.6 is 0 Å². The topological polar surface area (TPSA) is 86.2 Å². The fourth-order valence-electron chi connectivity index (χ4n) is 2.14. The summed E-state index contributed by atoms with van der Waals surface area (Å²) < 4.78 is 0. The lowest BCUT2D eigenvalue weighted by atomic mass is 9.83. The highest BCUT2D eigenvalue weighted by Crippen LogP contribution is 2.33. The Morgan fingerprint density at radius 1 is 1.67 bits per heavy atom. The summed E-state index contributed by atoms with van der Waals surface area (Å²) >= 11 is 0. The number of H-pyrrole nitrogens is 1. The fraction of sp³-hybridized carbons (Fsp3) is 0.600. The molecule has 0 amide bonds. The number of carboxylic acid groups (broad SMARTS) is 1. The van der Waals surface area contributed by atoms with Crippen LogP contribution in [0.2, 0.25) is 0 Å². The van der Waals surface area contributed by atoms with E-state index < -0.39 is 12.1 Å². The van der Waals surface area contributed by atoms with Crippen molar-refractivity contribution in [3.05, 3.63) is 17.5 Å². The third kappa shape index (κ3) is 2.18. The molecule has 0 bridgehead atoms. The molecule has 0 spiro atoms. The maximum Gasteiger partial charge on any atom is 0.303 e. The van der Waals surface area contributed by atoms with Crippen LogP contribution in [-0.4, -0.2) is 26.4 Å². The highest BCUT2D eigenvalue weighted by atomic mass is 16.4. The van der Waals surface area contributed by atoms with E-state index in [1.165, 1.54) is 0 Å². The molecule has 3 N–H and O–H groups in total. The van der Waals surface area contributed by atoms with Crippen molar-refractivity contribution >= 4 is 5.97 Å². The molecule has 1 aromatic heterocycles. The third-order valence-corrected chi connectivity index (χ3v) is 2.93. The van der Waals surface area contributed by atoms with Gasteiger partial charge in [-0.3, -0.25) is 9.89 Å². The number of fused-ring (bicyclic) bond motifs is 1. The first-order valence-electron chi connectivity index (χ1n) is 5.09. The number of hydrogen-bond donors (Lipinski definition) is 3. The Bertz CT molecular complexity index is 361. The Balaban J connectivity index is 2.00. The van der Waals surface area contributed by atoms with Gasteiger partial charge in [-0.05, 0) is 25.2 Å². The van der Waals surface area contributed by atoms with E-state index >= 15 is 0 Å². The molecule has 0 saturated carbocycles. The molecule has 1 aliphatic rings. The average molecular weight is 210 g/mol. The zero-order chi connectivity index (χ0) is 10.8. The first-order chi connectivity index (χ1) is 7.16. The lowest BCUT2D eigenvalue weighted by Gasteiger charge is -2.25. The summed E-state index contributed by atoms with van der Waals surface area (Å²) in [5, 5.41) is 25.1. The molecule has 2 unspecified atom stereocenters. The SMILES string of the molecule is O=C(O)CCC1Cc2[nH]ncc2C(O)C1. The van der Waals surface area contributed by atoms with Crippen LogP contribution in [0.4, 0.5) is 0 Å². The van der Waals surface area contributed by atoms with Crippen LogP contribution in [-0.2, 0) is 11.2 Å². The molecule has 82 valence electrons. The summed E-state index contributed by atoms with van der Waals surface area (Å²) in [6, 6.07) is 0. The van der Waals surface area contributed by atoms with Gasteiger partial charge >= 0.3 is 5.97 Å². The van der Waals surface area contributed by atoms with Gasteiger partial charge in [-0.15, -0.1) is 0 Å².